The summed E-state index contributed by atoms with van der Waals surface area (Å²) >= 11 is 5.98. The predicted molar refractivity (Wildman–Crippen MR) is 103 cm³/mol. The predicted octanol–water partition coefficient (Wildman–Crippen LogP) is 4.02. The lowest BCUT2D eigenvalue weighted by Crippen LogP contribution is -2.25. The van der Waals surface area contributed by atoms with Crippen molar-refractivity contribution >= 4 is 23.3 Å². The molecule has 1 aromatic heterocycles. The van der Waals surface area contributed by atoms with Crippen LogP contribution in [0.5, 0.6) is 11.5 Å². The van der Waals surface area contributed by atoms with Crippen LogP contribution in [0.2, 0.25) is 5.02 Å². The second-order valence-electron chi connectivity index (χ2n) is 6.21. The molecule has 2 aromatic carbocycles. The van der Waals surface area contributed by atoms with Gasteiger partial charge in [0, 0.05) is 28.6 Å². The van der Waals surface area contributed by atoms with Crippen LogP contribution in [-0.2, 0) is 4.79 Å². The molecule has 1 unspecified atom stereocenters. The first-order chi connectivity index (χ1) is 13.1. The number of benzene rings is 2. The Kier molecular flexibility index (Phi) is 4.49. The Bertz CT molecular complexity index is 998. The van der Waals surface area contributed by atoms with Crippen molar-refractivity contribution in [2.75, 3.05) is 19.5 Å². The highest BCUT2D eigenvalue weighted by molar-refractivity contribution is 6.30. The number of fused-ring (bicyclic) bond motifs is 1. The average molecular weight is 384 g/mol. The largest absolute Gasteiger partial charge is 0.493 e. The number of anilines is 1. The second-order valence-corrected chi connectivity index (χ2v) is 6.65. The van der Waals surface area contributed by atoms with E-state index in [-0.39, 0.29) is 18.2 Å². The van der Waals surface area contributed by atoms with E-state index in [1.807, 2.05) is 34.9 Å². The van der Waals surface area contributed by atoms with E-state index in [2.05, 4.69) is 10.3 Å². The molecule has 1 N–H and O–H groups in total. The van der Waals surface area contributed by atoms with Gasteiger partial charge in [-0.3, -0.25) is 9.36 Å². The highest BCUT2D eigenvalue weighted by atomic mass is 35.5. The van der Waals surface area contributed by atoms with Crippen LogP contribution in [-0.4, -0.2) is 29.7 Å². The van der Waals surface area contributed by atoms with Gasteiger partial charge in [0.05, 0.1) is 19.9 Å². The van der Waals surface area contributed by atoms with E-state index in [0.717, 1.165) is 16.9 Å². The number of carbonyl (C=O) groups is 1. The summed E-state index contributed by atoms with van der Waals surface area (Å²) < 4.78 is 12.8. The Morgan fingerprint density at radius 1 is 1.15 bits per heavy atom. The van der Waals surface area contributed by atoms with Crippen molar-refractivity contribution in [1.82, 2.24) is 9.55 Å². The zero-order chi connectivity index (χ0) is 19.0. The van der Waals surface area contributed by atoms with Crippen LogP contribution in [0.1, 0.15) is 23.6 Å². The van der Waals surface area contributed by atoms with E-state index >= 15 is 0 Å². The number of hydrogen-bond acceptors (Lipinski definition) is 4. The summed E-state index contributed by atoms with van der Waals surface area (Å²) in [5, 5.41) is 3.59. The summed E-state index contributed by atoms with van der Waals surface area (Å²) in [5.74, 6) is 1.59. The van der Waals surface area contributed by atoms with E-state index in [1.54, 1.807) is 32.7 Å². The highest BCUT2D eigenvalue weighted by Gasteiger charge is 2.33. The quantitative estimate of drug-likeness (QED) is 0.739. The fourth-order valence-corrected chi connectivity index (χ4v) is 3.57. The van der Waals surface area contributed by atoms with Gasteiger partial charge in [0.25, 0.3) is 0 Å². The van der Waals surface area contributed by atoms with E-state index < -0.39 is 0 Å². The lowest BCUT2D eigenvalue weighted by molar-refractivity contribution is -0.116. The number of methoxy groups -OCH3 is 2. The van der Waals surface area contributed by atoms with Crippen LogP contribution in [0.3, 0.4) is 0 Å². The van der Waals surface area contributed by atoms with Crippen molar-refractivity contribution in [3.05, 3.63) is 65.1 Å². The summed E-state index contributed by atoms with van der Waals surface area (Å²) in [7, 11) is 3.19. The maximum absolute atomic E-state index is 12.5. The van der Waals surface area contributed by atoms with Gasteiger partial charge in [-0.1, -0.05) is 23.7 Å². The maximum atomic E-state index is 12.5. The van der Waals surface area contributed by atoms with Gasteiger partial charge in [0.2, 0.25) is 5.91 Å². The van der Waals surface area contributed by atoms with Gasteiger partial charge < -0.3 is 14.8 Å². The summed E-state index contributed by atoms with van der Waals surface area (Å²) in [4.78, 5) is 17.1. The van der Waals surface area contributed by atoms with E-state index in [1.165, 1.54) is 0 Å². The van der Waals surface area contributed by atoms with Crippen LogP contribution < -0.4 is 14.8 Å². The number of carbonyl (C=O) groups excluding carboxylic acids is 1. The van der Waals surface area contributed by atoms with Gasteiger partial charge in [-0.2, -0.15) is 0 Å². The van der Waals surface area contributed by atoms with Crippen molar-refractivity contribution in [1.29, 1.82) is 0 Å². The zero-order valence-electron chi connectivity index (χ0n) is 14.9. The van der Waals surface area contributed by atoms with Crippen molar-refractivity contribution in [3.63, 3.8) is 0 Å². The Balaban J connectivity index is 1.84. The van der Waals surface area contributed by atoms with Crippen molar-refractivity contribution < 1.29 is 14.3 Å². The van der Waals surface area contributed by atoms with Gasteiger partial charge in [0.15, 0.2) is 11.5 Å². The fraction of sp³-hybridized carbons (Fsp3) is 0.200. The number of imidazole rings is 1. The van der Waals surface area contributed by atoms with Gasteiger partial charge in [-0.05, 0) is 30.3 Å². The van der Waals surface area contributed by atoms with Gasteiger partial charge in [0.1, 0.15) is 12.1 Å². The number of rotatable bonds is 4. The van der Waals surface area contributed by atoms with Crippen LogP contribution in [0.15, 0.2) is 48.8 Å². The molecule has 0 saturated heterocycles. The Morgan fingerprint density at radius 3 is 2.63 bits per heavy atom. The van der Waals surface area contributed by atoms with E-state index in [9.17, 15) is 4.79 Å². The normalized spacial score (nSPS) is 15.8. The van der Waals surface area contributed by atoms with Gasteiger partial charge >= 0.3 is 0 Å². The van der Waals surface area contributed by atoms with E-state index in [0.29, 0.717) is 22.3 Å². The molecule has 0 fully saturated rings. The average Bonchev–Trinajstić information content (AvgIpc) is 3.11. The molecule has 2 heterocycles. The standard InChI is InChI=1S/C20H18ClN3O3/c1-26-16-5-3-4-14(19(16)27-2)15-10-17(25)23-20-18(15)22-11-24(20)13-8-6-12(21)7-9-13/h3-9,11,15H,10H2,1-2H3,(H,23,25). The number of amides is 1. The molecule has 1 aliphatic heterocycles. The Morgan fingerprint density at radius 2 is 1.93 bits per heavy atom. The molecule has 1 aliphatic rings. The smallest absolute Gasteiger partial charge is 0.226 e. The minimum Gasteiger partial charge on any atom is -0.493 e. The molecule has 3 aromatic rings. The molecule has 0 bridgehead atoms. The Hall–Kier alpha value is -2.99. The number of hydrogen-bond donors (Lipinski definition) is 1. The molecular formula is C20H18ClN3O3. The SMILES string of the molecule is COc1cccc(C2CC(=O)Nc3c2ncn3-c2ccc(Cl)cc2)c1OC. The van der Waals surface area contributed by atoms with Crippen molar-refractivity contribution in [3.8, 4) is 17.2 Å². The first-order valence-corrected chi connectivity index (χ1v) is 8.84. The van der Waals surface area contributed by atoms with Crippen LogP contribution in [0.25, 0.3) is 5.69 Å². The Labute approximate surface area is 161 Å². The molecular weight excluding hydrogens is 366 g/mol. The number of aromatic nitrogens is 2. The molecule has 4 rings (SSSR count). The number of nitrogens with zero attached hydrogens (tertiary/aromatic N) is 2. The molecule has 6 nitrogen and oxygen atoms in total. The third-order valence-electron chi connectivity index (χ3n) is 4.69. The minimum atomic E-state index is -0.229. The van der Waals surface area contributed by atoms with E-state index in [4.69, 9.17) is 21.1 Å². The monoisotopic (exact) mass is 383 g/mol. The summed E-state index contributed by atoms with van der Waals surface area (Å²) in [6.07, 6.45) is 1.99. The third-order valence-corrected chi connectivity index (χ3v) is 4.94. The summed E-state index contributed by atoms with van der Waals surface area (Å²) in [5.41, 5.74) is 2.53. The topological polar surface area (TPSA) is 65.4 Å². The van der Waals surface area contributed by atoms with Crippen LogP contribution >= 0.6 is 11.6 Å². The van der Waals surface area contributed by atoms with Crippen molar-refractivity contribution in [2.45, 2.75) is 12.3 Å². The number of ether oxygens (including phenoxy) is 2. The molecule has 1 atom stereocenters. The van der Waals surface area contributed by atoms with Gasteiger partial charge in [-0.25, -0.2) is 4.98 Å². The lowest BCUT2D eigenvalue weighted by Gasteiger charge is -2.25. The molecule has 0 aliphatic carbocycles. The third kappa shape index (κ3) is 3.02. The first-order valence-electron chi connectivity index (χ1n) is 8.46. The summed E-state index contributed by atoms with van der Waals surface area (Å²) in [6, 6.07) is 13.0. The molecule has 1 amide bonds. The van der Waals surface area contributed by atoms with Gasteiger partial charge in [-0.15, -0.1) is 0 Å². The van der Waals surface area contributed by atoms with Crippen LogP contribution in [0.4, 0.5) is 5.82 Å². The molecule has 0 radical (unpaired) electrons. The second kappa shape index (κ2) is 6.96. The minimum absolute atomic E-state index is 0.0758. The number of nitrogens with one attached hydrogen (secondary N) is 1. The zero-order valence-corrected chi connectivity index (χ0v) is 15.7. The number of para-hydroxylation sites is 1. The number of halogens is 1. The fourth-order valence-electron chi connectivity index (χ4n) is 3.45. The highest BCUT2D eigenvalue weighted by Crippen LogP contribution is 2.43. The summed E-state index contributed by atoms with van der Waals surface area (Å²) in [6.45, 7) is 0. The van der Waals surface area contributed by atoms with Crippen molar-refractivity contribution in [2.24, 2.45) is 0 Å². The molecule has 0 saturated carbocycles. The maximum Gasteiger partial charge on any atom is 0.226 e. The molecule has 0 spiro atoms. The van der Waals surface area contributed by atoms with Crippen LogP contribution in [0, 0.1) is 0 Å². The first kappa shape index (κ1) is 17.4. The molecule has 138 valence electrons. The molecule has 27 heavy (non-hydrogen) atoms. The molecule has 7 heteroatoms. The lowest BCUT2D eigenvalue weighted by atomic mass is 9.89.